The fraction of sp³-hybridized carbons (Fsp3) is 0.429. The minimum absolute atomic E-state index is 0.153. The smallest absolute Gasteiger partial charge is 0.358 e. The largest absolute Gasteiger partial charge is 0.385 e. The van der Waals surface area contributed by atoms with Crippen LogP contribution in [0.25, 0.3) is 0 Å². The molecule has 0 radical (unpaired) electrons. The first kappa shape index (κ1) is 10.7. The molecule has 0 amide bonds. The van der Waals surface area contributed by atoms with Gasteiger partial charge in [-0.05, 0) is 9.91 Å². The fourth-order valence-corrected chi connectivity index (χ4v) is 1.62. The highest BCUT2D eigenvalue weighted by Gasteiger charge is 2.19. The van der Waals surface area contributed by atoms with Crippen LogP contribution in [0.5, 0.6) is 0 Å². The van der Waals surface area contributed by atoms with Crippen LogP contribution in [0, 0.1) is 21.4 Å². The first-order valence-electron chi connectivity index (χ1n) is 3.82. The summed E-state index contributed by atoms with van der Waals surface area (Å²) < 4.78 is 1.61. The summed E-state index contributed by atoms with van der Waals surface area (Å²) in [7, 11) is 0. The van der Waals surface area contributed by atoms with E-state index in [0.717, 1.165) is 0 Å². The number of nitriles is 1. The van der Waals surface area contributed by atoms with Crippen LogP contribution in [0.3, 0.4) is 0 Å². The van der Waals surface area contributed by atoms with E-state index in [2.05, 4.69) is 20.9 Å². The van der Waals surface area contributed by atoms with Crippen LogP contribution >= 0.6 is 15.9 Å². The van der Waals surface area contributed by atoms with Crippen molar-refractivity contribution in [1.82, 2.24) is 9.55 Å². The van der Waals surface area contributed by atoms with Crippen LogP contribution in [0.4, 0.5) is 5.82 Å². The third-order valence-electron chi connectivity index (χ3n) is 1.69. The molecular weight excluding hydrogens is 252 g/mol. The summed E-state index contributed by atoms with van der Waals surface area (Å²) >= 11 is 3.15. The second-order valence-electron chi connectivity index (χ2n) is 2.51. The van der Waals surface area contributed by atoms with Crippen LogP contribution < -0.4 is 0 Å². The van der Waals surface area contributed by atoms with E-state index in [1.807, 2.05) is 6.07 Å². The van der Waals surface area contributed by atoms with Gasteiger partial charge in [0.05, 0.1) is 17.8 Å². The molecule has 14 heavy (non-hydrogen) atoms. The molecule has 0 aliphatic carbocycles. The maximum atomic E-state index is 10.5. The number of nitrogens with zero attached hydrogens (tertiary/aromatic N) is 4. The van der Waals surface area contributed by atoms with Gasteiger partial charge in [0.1, 0.15) is 5.69 Å². The molecule has 0 spiro atoms. The summed E-state index contributed by atoms with van der Waals surface area (Å²) in [4.78, 5) is 13.6. The number of nitro groups is 1. The molecule has 0 aromatic carbocycles. The third-order valence-corrected chi connectivity index (χ3v) is 2.22. The SMILES string of the molecule is N#CCCn1cnc([N+](=O)[O-])c1CBr. The predicted molar refractivity (Wildman–Crippen MR) is 51.7 cm³/mol. The molecule has 0 aliphatic rings. The Kier molecular flexibility index (Phi) is 3.59. The lowest BCUT2D eigenvalue weighted by atomic mass is 10.4. The number of hydrogen-bond donors (Lipinski definition) is 0. The molecule has 0 atom stereocenters. The van der Waals surface area contributed by atoms with Crippen LogP contribution in [0.1, 0.15) is 12.1 Å². The maximum absolute atomic E-state index is 10.5. The lowest BCUT2D eigenvalue weighted by molar-refractivity contribution is -0.390. The summed E-state index contributed by atoms with van der Waals surface area (Å²) in [6.07, 6.45) is 1.69. The van der Waals surface area contributed by atoms with Crippen LogP contribution in [-0.2, 0) is 11.9 Å². The molecule has 1 aromatic heterocycles. The predicted octanol–water partition coefficient (Wildman–Crippen LogP) is 1.60. The number of alkyl halides is 1. The lowest BCUT2D eigenvalue weighted by Crippen LogP contribution is -2.01. The van der Waals surface area contributed by atoms with E-state index in [1.54, 1.807) is 4.57 Å². The zero-order valence-electron chi connectivity index (χ0n) is 7.18. The lowest BCUT2D eigenvalue weighted by Gasteiger charge is -2.00. The minimum atomic E-state index is -0.528. The van der Waals surface area contributed by atoms with Crippen molar-refractivity contribution in [3.05, 3.63) is 22.1 Å². The van der Waals surface area contributed by atoms with Gasteiger partial charge in [0.2, 0.25) is 6.33 Å². The Morgan fingerprint density at radius 1 is 1.79 bits per heavy atom. The molecule has 0 saturated carbocycles. The molecule has 1 heterocycles. The van der Waals surface area contributed by atoms with Crippen molar-refractivity contribution < 1.29 is 4.92 Å². The maximum Gasteiger partial charge on any atom is 0.385 e. The Bertz CT molecular complexity index is 382. The van der Waals surface area contributed by atoms with Crippen LogP contribution in [-0.4, -0.2) is 14.5 Å². The van der Waals surface area contributed by atoms with Gasteiger partial charge in [0.15, 0.2) is 0 Å². The second kappa shape index (κ2) is 4.72. The van der Waals surface area contributed by atoms with Crippen molar-refractivity contribution in [2.75, 3.05) is 0 Å². The van der Waals surface area contributed by atoms with Gasteiger partial charge in [-0.1, -0.05) is 15.9 Å². The molecule has 1 rings (SSSR count). The summed E-state index contributed by atoms with van der Waals surface area (Å²) in [6.45, 7) is 0.429. The van der Waals surface area contributed by atoms with Crippen molar-refractivity contribution in [2.45, 2.75) is 18.3 Å². The van der Waals surface area contributed by atoms with E-state index in [4.69, 9.17) is 5.26 Å². The number of halogens is 1. The fourth-order valence-electron chi connectivity index (χ4n) is 1.05. The molecule has 0 unspecified atom stereocenters. The monoisotopic (exact) mass is 258 g/mol. The molecule has 1 aromatic rings. The van der Waals surface area contributed by atoms with Crippen molar-refractivity contribution in [1.29, 1.82) is 5.26 Å². The summed E-state index contributed by atoms with van der Waals surface area (Å²) in [5.41, 5.74) is 0.491. The van der Waals surface area contributed by atoms with Gasteiger partial charge in [0.25, 0.3) is 0 Å². The van der Waals surface area contributed by atoms with Gasteiger partial charge in [-0.2, -0.15) is 5.26 Å². The third kappa shape index (κ3) is 2.09. The minimum Gasteiger partial charge on any atom is -0.358 e. The Balaban J connectivity index is 2.96. The first-order valence-corrected chi connectivity index (χ1v) is 4.94. The number of aromatic nitrogens is 2. The van der Waals surface area contributed by atoms with Gasteiger partial charge in [0, 0.05) is 6.54 Å². The van der Waals surface area contributed by atoms with E-state index in [1.165, 1.54) is 6.33 Å². The van der Waals surface area contributed by atoms with E-state index in [-0.39, 0.29) is 5.82 Å². The van der Waals surface area contributed by atoms with Crippen molar-refractivity contribution in [3.63, 3.8) is 0 Å². The summed E-state index contributed by atoms with van der Waals surface area (Å²) in [5, 5.41) is 19.2. The molecule has 0 saturated heterocycles. The zero-order chi connectivity index (χ0) is 10.6. The topological polar surface area (TPSA) is 84.8 Å². The normalized spacial score (nSPS) is 9.71. The van der Waals surface area contributed by atoms with Gasteiger partial charge in [-0.25, -0.2) is 0 Å². The molecular formula is C7H7BrN4O2. The molecule has 7 heteroatoms. The number of rotatable bonds is 4. The summed E-state index contributed by atoms with van der Waals surface area (Å²) in [6, 6.07) is 1.97. The molecule has 0 aliphatic heterocycles. The molecule has 74 valence electrons. The number of imidazole rings is 1. The molecule has 6 nitrogen and oxygen atoms in total. The number of hydrogen-bond acceptors (Lipinski definition) is 4. The first-order chi connectivity index (χ1) is 6.70. The van der Waals surface area contributed by atoms with E-state index >= 15 is 0 Å². The quantitative estimate of drug-likeness (QED) is 0.467. The second-order valence-corrected chi connectivity index (χ2v) is 3.07. The average molecular weight is 259 g/mol. The zero-order valence-corrected chi connectivity index (χ0v) is 8.77. The standard InChI is InChI=1S/C7H7BrN4O2/c8-4-6-7(12(13)14)10-5-11(6)3-1-2-9/h5H,1,3-4H2. The van der Waals surface area contributed by atoms with Gasteiger partial charge < -0.3 is 14.7 Å². The van der Waals surface area contributed by atoms with Gasteiger partial charge in [-0.3, -0.25) is 0 Å². The van der Waals surface area contributed by atoms with E-state index < -0.39 is 4.92 Å². The van der Waals surface area contributed by atoms with Crippen LogP contribution in [0.2, 0.25) is 0 Å². The van der Waals surface area contributed by atoms with E-state index in [9.17, 15) is 10.1 Å². The molecule has 0 bridgehead atoms. The van der Waals surface area contributed by atoms with Gasteiger partial charge in [-0.15, -0.1) is 0 Å². The molecule has 0 fully saturated rings. The Morgan fingerprint density at radius 2 is 2.50 bits per heavy atom. The van der Waals surface area contributed by atoms with Crippen molar-refractivity contribution in [2.24, 2.45) is 0 Å². The van der Waals surface area contributed by atoms with E-state index in [0.29, 0.717) is 24.0 Å². The van der Waals surface area contributed by atoms with Crippen LogP contribution in [0.15, 0.2) is 6.33 Å². The van der Waals surface area contributed by atoms with Crippen molar-refractivity contribution in [3.8, 4) is 6.07 Å². The Morgan fingerprint density at radius 3 is 3.00 bits per heavy atom. The Hall–Kier alpha value is -1.42. The highest BCUT2D eigenvalue weighted by Crippen LogP contribution is 2.19. The van der Waals surface area contributed by atoms with Crippen molar-refractivity contribution >= 4 is 21.7 Å². The Labute approximate surface area is 88.4 Å². The average Bonchev–Trinajstić information content (AvgIpc) is 2.57. The summed E-state index contributed by atoms with van der Waals surface area (Å²) in [5.74, 6) is -0.153. The highest BCUT2D eigenvalue weighted by molar-refractivity contribution is 9.08. The molecule has 0 N–H and O–H groups in total. The number of aryl methyl sites for hydroxylation is 1. The highest BCUT2D eigenvalue weighted by atomic mass is 79.9. The van der Waals surface area contributed by atoms with Gasteiger partial charge >= 0.3 is 5.82 Å².